The van der Waals surface area contributed by atoms with Crippen LogP contribution < -0.4 is 5.32 Å². The van der Waals surface area contributed by atoms with Crippen LogP contribution in [-0.4, -0.2) is 30.4 Å². The van der Waals surface area contributed by atoms with Crippen LogP contribution in [0.25, 0.3) is 10.8 Å². The number of likely N-dealkylation sites (tertiary alicyclic amines) is 1. The molecule has 1 aliphatic heterocycles. The van der Waals surface area contributed by atoms with Crippen molar-refractivity contribution < 1.29 is 4.79 Å². The van der Waals surface area contributed by atoms with Crippen LogP contribution in [0.15, 0.2) is 60.7 Å². The SMILES string of the molecule is CC(=O)Nc1ccc2c(c1)C(CN1CCC(c3ccc4ccccc4c3)CC1)CC2. The number of aryl methyl sites for hydroxylation is 1. The van der Waals surface area contributed by atoms with Crippen molar-refractivity contribution in [3.05, 3.63) is 77.4 Å². The maximum atomic E-state index is 11.4. The van der Waals surface area contributed by atoms with E-state index in [9.17, 15) is 4.79 Å². The summed E-state index contributed by atoms with van der Waals surface area (Å²) < 4.78 is 0. The van der Waals surface area contributed by atoms with E-state index in [1.807, 2.05) is 6.07 Å². The van der Waals surface area contributed by atoms with Crippen LogP contribution >= 0.6 is 0 Å². The van der Waals surface area contributed by atoms with Crippen LogP contribution in [0, 0.1) is 0 Å². The zero-order valence-electron chi connectivity index (χ0n) is 17.7. The minimum absolute atomic E-state index is 0.000241. The van der Waals surface area contributed by atoms with Gasteiger partial charge in [0.2, 0.25) is 5.91 Å². The van der Waals surface area contributed by atoms with Gasteiger partial charge in [0.05, 0.1) is 0 Å². The van der Waals surface area contributed by atoms with Crippen LogP contribution in [0.2, 0.25) is 0 Å². The Labute approximate surface area is 179 Å². The van der Waals surface area contributed by atoms with E-state index in [0.29, 0.717) is 11.8 Å². The number of nitrogens with one attached hydrogen (secondary N) is 1. The third-order valence-corrected chi connectivity index (χ3v) is 6.98. The molecule has 0 spiro atoms. The Morgan fingerprint density at radius 3 is 2.57 bits per heavy atom. The lowest BCUT2D eigenvalue weighted by molar-refractivity contribution is -0.114. The van der Waals surface area contributed by atoms with Crippen molar-refractivity contribution in [3.8, 4) is 0 Å². The monoisotopic (exact) mass is 398 g/mol. The highest BCUT2D eigenvalue weighted by atomic mass is 16.1. The fourth-order valence-corrected chi connectivity index (χ4v) is 5.38. The van der Waals surface area contributed by atoms with E-state index in [-0.39, 0.29) is 5.91 Å². The first kappa shape index (κ1) is 19.3. The van der Waals surface area contributed by atoms with Crippen LogP contribution in [0.4, 0.5) is 5.69 Å². The summed E-state index contributed by atoms with van der Waals surface area (Å²) in [6, 6.07) is 22.1. The predicted octanol–water partition coefficient (Wildman–Crippen LogP) is 5.71. The van der Waals surface area contributed by atoms with Crippen molar-refractivity contribution >= 4 is 22.4 Å². The van der Waals surface area contributed by atoms with Crippen LogP contribution in [0.5, 0.6) is 0 Å². The van der Waals surface area contributed by atoms with E-state index in [1.165, 1.54) is 59.8 Å². The van der Waals surface area contributed by atoms with Gasteiger partial charge in [-0.25, -0.2) is 0 Å². The largest absolute Gasteiger partial charge is 0.326 e. The first-order valence-corrected chi connectivity index (χ1v) is 11.3. The van der Waals surface area contributed by atoms with E-state index in [1.54, 1.807) is 6.92 Å². The standard InChI is InChI=1S/C27H30N2O/c1-19(30)28-26-11-10-22-7-9-25(27(22)17-26)18-29-14-12-21(13-15-29)24-8-6-20-4-2-3-5-23(20)16-24/h2-6,8,10-11,16-17,21,25H,7,9,12-15,18H2,1H3,(H,28,30). The summed E-state index contributed by atoms with van der Waals surface area (Å²) in [6.07, 6.45) is 4.87. The van der Waals surface area contributed by atoms with Crippen molar-refractivity contribution in [3.63, 3.8) is 0 Å². The fraction of sp³-hybridized carbons (Fsp3) is 0.370. The Kier molecular flexibility index (Phi) is 5.30. The minimum Gasteiger partial charge on any atom is -0.326 e. The molecule has 2 aliphatic rings. The number of carbonyl (C=O) groups excluding carboxylic acids is 1. The van der Waals surface area contributed by atoms with Crippen molar-refractivity contribution in [2.45, 2.75) is 44.4 Å². The van der Waals surface area contributed by atoms with Crippen LogP contribution in [-0.2, 0) is 11.2 Å². The van der Waals surface area contributed by atoms with E-state index < -0.39 is 0 Å². The summed E-state index contributed by atoms with van der Waals surface area (Å²) in [7, 11) is 0. The number of anilines is 1. The first-order chi connectivity index (χ1) is 14.7. The minimum atomic E-state index is 0.000241. The Morgan fingerprint density at radius 1 is 0.967 bits per heavy atom. The van der Waals surface area contributed by atoms with Gasteiger partial charge in [0.25, 0.3) is 0 Å². The molecule has 3 heteroatoms. The van der Waals surface area contributed by atoms with Crippen molar-refractivity contribution in [1.82, 2.24) is 4.90 Å². The third kappa shape index (κ3) is 3.99. The van der Waals surface area contributed by atoms with Gasteiger partial charge in [-0.1, -0.05) is 48.5 Å². The molecular weight excluding hydrogens is 368 g/mol. The molecule has 3 aromatic carbocycles. The molecule has 1 unspecified atom stereocenters. The molecule has 5 rings (SSSR count). The molecule has 0 radical (unpaired) electrons. The van der Waals surface area contributed by atoms with E-state index in [4.69, 9.17) is 0 Å². The number of carbonyl (C=O) groups is 1. The topological polar surface area (TPSA) is 32.3 Å². The average molecular weight is 399 g/mol. The summed E-state index contributed by atoms with van der Waals surface area (Å²) in [5.74, 6) is 1.26. The molecule has 1 atom stereocenters. The second kappa shape index (κ2) is 8.23. The number of nitrogens with zero attached hydrogens (tertiary/aromatic N) is 1. The van der Waals surface area contributed by atoms with E-state index >= 15 is 0 Å². The number of rotatable bonds is 4. The normalized spacial score (nSPS) is 19.7. The van der Waals surface area contributed by atoms with Gasteiger partial charge in [-0.15, -0.1) is 0 Å². The van der Waals surface area contributed by atoms with Gasteiger partial charge < -0.3 is 10.2 Å². The number of benzene rings is 3. The zero-order chi connectivity index (χ0) is 20.5. The molecule has 1 aliphatic carbocycles. The van der Waals surface area contributed by atoms with Crippen molar-refractivity contribution in [2.24, 2.45) is 0 Å². The molecule has 30 heavy (non-hydrogen) atoms. The quantitative estimate of drug-likeness (QED) is 0.611. The van der Waals surface area contributed by atoms with Crippen molar-refractivity contribution in [2.75, 3.05) is 25.0 Å². The summed E-state index contributed by atoms with van der Waals surface area (Å²) in [5, 5.41) is 5.63. The molecule has 1 N–H and O–H groups in total. The number of piperidine rings is 1. The highest BCUT2D eigenvalue weighted by Gasteiger charge is 2.27. The zero-order valence-corrected chi connectivity index (χ0v) is 17.7. The number of hydrogen-bond donors (Lipinski definition) is 1. The Hall–Kier alpha value is -2.65. The van der Waals surface area contributed by atoms with Gasteiger partial charge in [0.1, 0.15) is 0 Å². The molecule has 1 saturated heterocycles. The number of hydrogen-bond acceptors (Lipinski definition) is 2. The average Bonchev–Trinajstić information content (AvgIpc) is 3.15. The molecule has 0 saturated carbocycles. The number of fused-ring (bicyclic) bond motifs is 2. The maximum absolute atomic E-state index is 11.4. The van der Waals surface area contributed by atoms with Gasteiger partial charge in [0, 0.05) is 19.2 Å². The fourth-order valence-electron chi connectivity index (χ4n) is 5.38. The molecule has 1 amide bonds. The second-order valence-corrected chi connectivity index (χ2v) is 9.01. The lowest BCUT2D eigenvalue weighted by Crippen LogP contribution is -2.35. The molecule has 1 fully saturated rings. The van der Waals surface area contributed by atoms with Gasteiger partial charge >= 0.3 is 0 Å². The van der Waals surface area contributed by atoms with Gasteiger partial charge in [-0.2, -0.15) is 0 Å². The molecular formula is C27H30N2O. The Morgan fingerprint density at radius 2 is 1.77 bits per heavy atom. The smallest absolute Gasteiger partial charge is 0.221 e. The highest BCUT2D eigenvalue weighted by molar-refractivity contribution is 5.88. The van der Waals surface area contributed by atoms with E-state index in [0.717, 1.165) is 18.7 Å². The molecule has 0 aromatic heterocycles. The van der Waals surface area contributed by atoms with E-state index in [2.05, 4.69) is 64.8 Å². The van der Waals surface area contributed by atoms with Gasteiger partial charge in [0.15, 0.2) is 0 Å². The lowest BCUT2D eigenvalue weighted by atomic mass is 9.87. The highest BCUT2D eigenvalue weighted by Crippen LogP contribution is 2.37. The number of amides is 1. The first-order valence-electron chi connectivity index (χ1n) is 11.3. The van der Waals surface area contributed by atoms with Gasteiger partial charge in [-0.3, -0.25) is 4.79 Å². The molecule has 0 bridgehead atoms. The summed E-state index contributed by atoms with van der Waals surface area (Å²) >= 11 is 0. The Bertz CT molecular complexity index is 1070. The lowest BCUT2D eigenvalue weighted by Gasteiger charge is -2.34. The second-order valence-electron chi connectivity index (χ2n) is 9.01. The molecule has 3 nitrogen and oxygen atoms in total. The molecule has 3 aromatic rings. The van der Waals surface area contributed by atoms with Gasteiger partial charge in [-0.05, 0) is 90.2 Å². The summed E-state index contributed by atoms with van der Waals surface area (Å²) in [4.78, 5) is 14.1. The molecule has 154 valence electrons. The Balaban J connectivity index is 1.22. The predicted molar refractivity (Wildman–Crippen MR) is 124 cm³/mol. The van der Waals surface area contributed by atoms with Crippen LogP contribution in [0.1, 0.15) is 54.7 Å². The maximum Gasteiger partial charge on any atom is 0.221 e. The molecule has 1 heterocycles. The summed E-state index contributed by atoms with van der Waals surface area (Å²) in [6.45, 7) is 5.06. The van der Waals surface area contributed by atoms with Crippen molar-refractivity contribution in [1.29, 1.82) is 0 Å². The van der Waals surface area contributed by atoms with Crippen LogP contribution in [0.3, 0.4) is 0 Å². The summed E-state index contributed by atoms with van der Waals surface area (Å²) in [5.41, 5.74) is 5.33. The third-order valence-electron chi connectivity index (χ3n) is 6.98.